The summed E-state index contributed by atoms with van der Waals surface area (Å²) in [4.78, 5) is 10.7. The van der Waals surface area contributed by atoms with Crippen LogP contribution in [0.25, 0.3) is 0 Å². The van der Waals surface area contributed by atoms with Gasteiger partial charge in [-0.2, -0.15) is 0 Å². The fraction of sp³-hybridized carbons (Fsp3) is 0.364. The zero-order valence-corrected chi connectivity index (χ0v) is 11.2. The summed E-state index contributed by atoms with van der Waals surface area (Å²) in [7, 11) is 0. The zero-order valence-electron chi connectivity index (χ0n) is 9.19. The average Bonchev–Trinajstić information content (AvgIpc) is 2.14. The number of anilines is 1. The third kappa shape index (κ3) is 4.69. The molecule has 1 atom stereocenters. The molecule has 0 spiro atoms. The first kappa shape index (κ1) is 14.5. The maximum atomic E-state index is 10.7. The third-order valence-electron chi connectivity index (χ3n) is 2.26. The van der Waals surface area contributed by atoms with Gasteiger partial charge >= 0.3 is 29.6 Å². The molecule has 0 aromatic heterocycles. The summed E-state index contributed by atoms with van der Waals surface area (Å²) in [6.07, 6.45) is 1.07. The number of benzene rings is 1. The van der Waals surface area contributed by atoms with Gasteiger partial charge in [-0.05, 0) is 30.5 Å². The first-order valence-electron chi connectivity index (χ1n) is 4.68. The number of rotatable bonds is 4. The fourth-order valence-electron chi connectivity index (χ4n) is 1.40. The van der Waals surface area contributed by atoms with Gasteiger partial charge in [0.1, 0.15) is 0 Å². The van der Waals surface area contributed by atoms with Gasteiger partial charge in [-0.15, -0.1) is 0 Å². The number of carbonyl (C=O) groups excluding carboxylic acids is 1. The van der Waals surface area contributed by atoms with E-state index in [-0.39, 0.29) is 29.6 Å². The first-order valence-corrected chi connectivity index (χ1v) is 4.68. The topological polar surface area (TPSA) is 66.2 Å². The molecule has 0 saturated carbocycles. The van der Waals surface area contributed by atoms with Gasteiger partial charge in [-0.1, -0.05) is 19.1 Å². The van der Waals surface area contributed by atoms with Crippen molar-refractivity contribution in [2.75, 3.05) is 5.73 Å². The minimum atomic E-state index is -0.991. The minimum Gasteiger partial charge on any atom is -0.550 e. The van der Waals surface area contributed by atoms with Crippen molar-refractivity contribution in [2.24, 2.45) is 5.92 Å². The van der Waals surface area contributed by atoms with Crippen molar-refractivity contribution in [1.82, 2.24) is 0 Å². The van der Waals surface area contributed by atoms with E-state index in [9.17, 15) is 9.90 Å². The van der Waals surface area contributed by atoms with E-state index in [1.54, 1.807) is 12.1 Å². The quantitative estimate of drug-likeness (QED) is 0.449. The number of aliphatic carboxylic acids is 1. The smallest absolute Gasteiger partial charge is 0.550 e. The molecule has 0 saturated heterocycles. The Hall–Kier alpha value is -0.510. The van der Waals surface area contributed by atoms with Crippen LogP contribution in [-0.2, 0) is 11.2 Å². The first-order chi connectivity index (χ1) is 6.63. The van der Waals surface area contributed by atoms with Gasteiger partial charge in [0.05, 0.1) is 0 Å². The van der Waals surface area contributed by atoms with Crippen LogP contribution in [0, 0.1) is 5.92 Å². The predicted molar refractivity (Wildman–Crippen MR) is 53.3 cm³/mol. The van der Waals surface area contributed by atoms with Crippen LogP contribution < -0.4 is 40.4 Å². The van der Waals surface area contributed by atoms with Crippen molar-refractivity contribution in [1.29, 1.82) is 0 Å². The number of hydrogen-bond donors (Lipinski definition) is 1. The van der Waals surface area contributed by atoms with Crippen LogP contribution >= 0.6 is 0 Å². The summed E-state index contributed by atoms with van der Waals surface area (Å²) in [5.74, 6) is -1.41. The van der Waals surface area contributed by atoms with E-state index >= 15 is 0 Å². The summed E-state index contributed by atoms with van der Waals surface area (Å²) in [6.45, 7) is 1.84. The summed E-state index contributed by atoms with van der Waals surface area (Å²) in [5.41, 5.74) is 7.20. The largest absolute Gasteiger partial charge is 1.00 e. The van der Waals surface area contributed by atoms with E-state index in [1.807, 2.05) is 19.1 Å². The molecule has 1 rings (SSSR count). The van der Waals surface area contributed by atoms with Gasteiger partial charge in [-0.3, -0.25) is 0 Å². The van der Waals surface area contributed by atoms with Crippen LogP contribution in [0.15, 0.2) is 24.3 Å². The van der Waals surface area contributed by atoms with Crippen molar-refractivity contribution < 1.29 is 39.5 Å². The van der Waals surface area contributed by atoms with Gasteiger partial charge in [-0.25, -0.2) is 0 Å². The zero-order chi connectivity index (χ0) is 10.6. The van der Waals surface area contributed by atoms with Gasteiger partial charge in [0, 0.05) is 17.6 Å². The monoisotopic (exact) mass is 215 g/mol. The maximum absolute atomic E-state index is 10.7. The Kier molecular flexibility index (Phi) is 6.65. The molecule has 76 valence electrons. The van der Waals surface area contributed by atoms with Crippen molar-refractivity contribution in [3.8, 4) is 0 Å². The van der Waals surface area contributed by atoms with Gasteiger partial charge in [0.15, 0.2) is 0 Å². The molecule has 0 fully saturated rings. The van der Waals surface area contributed by atoms with Crippen LogP contribution in [0.5, 0.6) is 0 Å². The molecule has 0 bridgehead atoms. The minimum absolute atomic E-state index is 0. The standard InChI is InChI=1S/C11H15NO2.Na/c1-2-9(11(13)14)6-8-4-3-5-10(12)7-8;/h3-5,7,9H,2,6,12H2,1H3,(H,13,14);/q;+1/p-1/t9-;/m1./s1. The van der Waals surface area contributed by atoms with Crippen LogP contribution in [-0.4, -0.2) is 5.97 Å². The summed E-state index contributed by atoms with van der Waals surface area (Å²) < 4.78 is 0. The van der Waals surface area contributed by atoms with E-state index < -0.39 is 11.9 Å². The van der Waals surface area contributed by atoms with E-state index in [0.29, 0.717) is 18.5 Å². The molecule has 0 radical (unpaired) electrons. The molecule has 1 aromatic rings. The molecule has 0 aliphatic carbocycles. The third-order valence-corrected chi connectivity index (χ3v) is 2.26. The molecular formula is C11H14NNaO2. The van der Waals surface area contributed by atoms with E-state index in [2.05, 4.69) is 0 Å². The number of hydrogen-bond acceptors (Lipinski definition) is 3. The number of carboxylic acids is 1. The number of carboxylic acid groups (broad SMARTS) is 1. The Bertz CT molecular complexity index is 328. The molecule has 0 unspecified atom stereocenters. The Morgan fingerprint density at radius 1 is 1.53 bits per heavy atom. The normalized spacial score (nSPS) is 11.5. The molecule has 1 aromatic carbocycles. The van der Waals surface area contributed by atoms with Crippen molar-refractivity contribution in [3.63, 3.8) is 0 Å². The molecule has 0 aliphatic rings. The Morgan fingerprint density at radius 3 is 2.67 bits per heavy atom. The van der Waals surface area contributed by atoms with Crippen molar-refractivity contribution in [3.05, 3.63) is 29.8 Å². The van der Waals surface area contributed by atoms with Crippen molar-refractivity contribution >= 4 is 11.7 Å². The van der Waals surface area contributed by atoms with E-state index in [4.69, 9.17) is 5.73 Å². The number of nitrogen functional groups attached to an aromatic ring is 1. The molecule has 15 heavy (non-hydrogen) atoms. The second-order valence-corrected chi connectivity index (χ2v) is 3.37. The van der Waals surface area contributed by atoms with E-state index in [1.165, 1.54) is 0 Å². The van der Waals surface area contributed by atoms with Crippen LogP contribution in [0.4, 0.5) is 5.69 Å². The predicted octanol–water partition coefficient (Wildman–Crippen LogP) is -2.41. The van der Waals surface area contributed by atoms with Crippen LogP contribution in [0.3, 0.4) is 0 Å². The molecule has 0 aliphatic heterocycles. The molecule has 2 N–H and O–H groups in total. The molecule has 0 amide bonds. The summed E-state index contributed by atoms with van der Waals surface area (Å²) in [6, 6.07) is 7.28. The molecule has 0 heterocycles. The second-order valence-electron chi connectivity index (χ2n) is 3.37. The van der Waals surface area contributed by atoms with Crippen LogP contribution in [0.1, 0.15) is 18.9 Å². The molecule has 3 nitrogen and oxygen atoms in total. The second kappa shape index (κ2) is 6.88. The average molecular weight is 215 g/mol. The van der Waals surface area contributed by atoms with Gasteiger partial charge in [0.2, 0.25) is 0 Å². The summed E-state index contributed by atoms with van der Waals surface area (Å²) in [5, 5.41) is 10.7. The van der Waals surface area contributed by atoms with E-state index in [0.717, 1.165) is 5.56 Å². The SMILES string of the molecule is CC[C@H](Cc1cccc(N)c1)C(=O)[O-].[Na+]. The maximum Gasteiger partial charge on any atom is 1.00 e. The number of carbonyl (C=O) groups is 1. The van der Waals surface area contributed by atoms with Gasteiger partial charge in [0.25, 0.3) is 0 Å². The Labute approximate surface area is 112 Å². The van der Waals surface area contributed by atoms with Crippen LogP contribution in [0.2, 0.25) is 0 Å². The summed E-state index contributed by atoms with van der Waals surface area (Å²) >= 11 is 0. The van der Waals surface area contributed by atoms with Gasteiger partial charge < -0.3 is 15.6 Å². The molecule has 4 heteroatoms. The Morgan fingerprint density at radius 2 is 2.20 bits per heavy atom. The Balaban J connectivity index is 0.00000196. The fourth-order valence-corrected chi connectivity index (χ4v) is 1.40. The van der Waals surface area contributed by atoms with Crippen molar-refractivity contribution in [2.45, 2.75) is 19.8 Å². The molecular weight excluding hydrogens is 201 g/mol. The number of nitrogens with two attached hydrogens (primary N) is 1.